The lowest BCUT2D eigenvalue weighted by Crippen LogP contribution is -2.38. The normalized spacial score (nSPS) is 26.0. The quantitative estimate of drug-likeness (QED) is 0.664. The molecule has 0 bridgehead atoms. The predicted molar refractivity (Wildman–Crippen MR) is 92.8 cm³/mol. The predicted octanol–water partition coefficient (Wildman–Crippen LogP) is 5.25. The maximum Gasteiger partial charge on any atom is 0.391 e. The summed E-state index contributed by atoms with van der Waals surface area (Å²) >= 11 is 1.32. The van der Waals surface area contributed by atoms with Crippen molar-refractivity contribution in [3.63, 3.8) is 0 Å². The fourth-order valence-corrected chi connectivity index (χ4v) is 5.23. The van der Waals surface area contributed by atoms with E-state index in [-0.39, 0.29) is 38.2 Å². The highest BCUT2D eigenvalue weighted by Crippen LogP contribution is 2.44. The Hall–Kier alpha value is -0.870. The molecule has 1 saturated carbocycles. The van der Waals surface area contributed by atoms with E-state index < -0.39 is 24.2 Å². The minimum atomic E-state index is -4.16. The molecule has 1 aromatic heterocycles. The molecule has 2 aliphatic rings. The number of aliphatic hydroxyl groups is 1. The fraction of sp³-hybridized carbons (Fsp3) is 0.833. The first-order valence-electron chi connectivity index (χ1n) is 9.53. The molecule has 2 heterocycles. The van der Waals surface area contributed by atoms with Crippen LogP contribution in [0.15, 0.2) is 0 Å². The number of thiazole rings is 1. The molecule has 3 nitrogen and oxygen atoms in total. The summed E-state index contributed by atoms with van der Waals surface area (Å²) in [5, 5.41) is 10.4. The number of alkyl halides is 6. The number of likely N-dealkylation sites (tertiary alicyclic amines) is 1. The van der Waals surface area contributed by atoms with Crippen molar-refractivity contribution < 1.29 is 31.4 Å². The van der Waals surface area contributed by atoms with Crippen LogP contribution in [-0.4, -0.2) is 40.4 Å². The van der Waals surface area contributed by atoms with Crippen LogP contribution in [0.4, 0.5) is 26.3 Å². The van der Waals surface area contributed by atoms with Crippen LogP contribution in [0.3, 0.4) is 0 Å². The number of piperidine rings is 1. The lowest BCUT2D eigenvalue weighted by atomic mass is 9.82. The van der Waals surface area contributed by atoms with Crippen molar-refractivity contribution in [1.82, 2.24) is 9.88 Å². The Morgan fingerprint density at radius 2 is 1.43 bits per heavy atom. The van der Waals surface area contributed by atoms with Gasteiger partial charge in [0.25, 0.3) is 0 Å². The van der Waals surface area contributed by atoms with Crippen LogP contribution in [0.5, 0.6) is 0 Å². The maximum absolute atomic E-state index is 12.8. The highest BCUT2D eigenvalue weighted by molar-refractivity contribution is 7.11. The third-order valence-electron chi connectivity index (χ3n) is 5.90. The van der Waals surface area contributed by atoms with Gasteiger partial charge in [-0.25, -0.2) is 4.98 Å². The van der Waals surface area contributed by atoms with E-state index in [0.29, 0.717) is 43.0 Å². The highest BCUT2D eigenvalue weighted by Gasteiger charge is 2.43. The van der Waals surface area contributed by atoms with Crippen molar-refractivity contribution in [1.29, 1.82) is 0 Å². The van der Waals surface area contributed by atoms with Gasteiger partial charge in [0.2, 0.25) is 0 Å². The Morgan fingerprint density at radius 3 is 1.93 bits per heavy atom. The van der Waals surface area contributed by atoms with Crippen LogP contribution in [0.25, 0.3) is 0 Å². The number of halogens is 6. The molecule has 160 valence electrons. The van der Waals surface area contributed by atoms with E-state index in [9.17, 15) is 31.4 Å². The molecule has 10 heteroatoms. The Labute approximate surface area is 163 Å². The van der Waals surface area contributed by atoms with Gasteiger partial charge >= 0.3 is 12.4 Å². The molecule has 0 spiro atoms. The van der Waals surface area contributed by atoms with Gasteiger partial charge in [-0.05, 0) is 51.6 Å². The number of aromatic nitrogens is 1. The van der Waals surface area contributed by atoms with Crippen molar-refractivity contribution in [3.05, 3.63) is 15.6 Å². The van der Waals surface area contributed by atoms with E-state index in [0.717, 1.165) is 5.01 Å². The molecule has 3 rings (SSSR count). The summed E-state index contributed by atoms with van der Waals surface area (Å²) < 4.78 is 76.9. The number of aliphatic hydroxyl groups excluding tert-OH is 1. The van der Waals surface area contributed by atoms with Crippen LogP contribution in [0.2, 0.25) is 0 Å². The van der Waals surface area contributed by atoms with Gasteiger partial charge in [0.05, 0.1) is 34.0 Å². The average molecular weight is 430 g/mol. The molecule has 1 aromatic rings. The molecule has 1 saturated heterocycles. The van der Waals surface area contributed by atoms with Gasteiger partial charge in [-0.15, -0.1) is 11.3 Å². The molecule has 1 aliphatic heterocycles. The molecule has 28 heavy (non-hydrogen) atoms. The summed E-state index contributed by atoms with van der Waals surface area (Å²) in [7, 11) is 0. The summed E-state index contributed by atoms with van der Waals surface area (Å²) in [5.41, 5.74) is 0.644. The summed E-state index contributed by atoms with van der Waals surface area (Å²) in [6, 6.07) is 0. The van der Waals surface area contributed by atoms with Crippen LogP contribution in [0, 0.1) is 11.8 Å². The molecule has 0 atom stereocenters. The minimum absolute atomic E-state index is 0.0429. The van der Waals surface area contributed by atoms with Gasteiger partial charge in [-0.3, -0.25) is 4.90 Å². The van der Waals surface area contributed by atoms with Gasteiger partial charge in [0.15, 0.2) is 0 Å². The second kappa shape index (κ2) is 8.47. The summed E-state index contributed by atoms with van der Waals surface area (Å²) in [4.78, 5) is 7.13. The largest absolute Gasteiger partial charge is 0.391 e. The molecular formula is C18H24F6N2OS. The van der Waals surface area contributed by atoms with E-state index in [1.54, 1.807) is 0 Å². The number of rotatable bonds is 4. The zero-order valence-corrected chi connectivity index (χ0v) is 16.1. The Balaban J connectivity index is 1.59. The lowest BCUT2D eigenvalue weighted by molar-refractivity contribution is -0.185. The first-order valence-corrected chi connectivity index (χ1v) is 10.3. The van der Waals surface area contributed by atoms with Gasteiger partial charge in [0, 0.05) is 12.5 Å². The SMILES string of the molecule is OCc1sc(C2CCC(C(F)(F)F)CC2)nc1CN1CCC(C(F)(F)F)CC1. The molecule has 2 fully saturated rings. The molecular weight excluding hydrogens is 406 g/mol. The van der Waals surface area contributed by atoms with Gasteiger partial charge in [0.1, 0.15) is 0 Å². The van der Waals surface area contributed by atoms with Crippen LogP contribution in [0.1, 0.15) is 60.0 Å². The standard InChI is InChI=1S/C18H24F6N2OS/c19-17(20,21)12-3-1-11(2-4-12)16-25-14(15(10-27)28-16)9-26-7-5-13(6-8-26)18(22,23)24/h11-13,27H,1-10H2. The molecule has 0 unspecified atom stereocenters. The molecule has 0 radical (unpaired) electrons. The third kappa shape index (κ3) is 5.18. The zero-order chi connectivity index (χ0) is 20.5. The van der Waals surface area contributed by atoms with Crippen LogP contribution >= 0.6 is 11.3 Å². The average Bonchev–Trinajstić information content (AvgIpc) is 3.03. The van der Waals surface area contributed by atoms with E-state index in [4.69, 9.17) is 0 Å². The smallest absolute Gasteiger partial charge is 0.391 e. The van der Waals surface area contributed by atoms with Gasteiger partial charge < -0.3 is 5.11 Å². The molecule has 0 amide bonds. The highest BCUT2D eigenvalue weighted by atomic mass is 32.1. The monoisotopic (exact) mass is 430 g/mol. The Kier molecular flexibility index (Phi) is 6.61. The number of hydrogen-bond donors (Lipinski definition) is 1. The Morgan fingerprint density at radius 1 is 0.893 bits per heavy atom. The zero-order valence-electron chi connectivity index (χ0n) is 15.3. The van der Waals surface area contributed by atoms with Crippen molar-refractivity contribution in [2.24, 2.45) is 11.8 Å². The minimum Gasteiger partial charge on any atom is -0.391 e. The second-order valence-corrected chi connectivity index (χ2v) is 8.88. The molecule has 1 N–H and O–H groups in total. The first kappa shape index (κ1) is 21.8. The van der Waals surface area contributed by atoms with Crippen molar-refractivity contribution in [2.75, 3.05) is 13.1 Å². The van der Waals surface area contributed by atoms with E-state index >= 15 is 0 Å². The van der Waals surface area contributed by atoms with E-state index in [1.807, 2.05) is 4.90 Å². The van der Waals surface area contributed by atoms with Crippen molar-refractivity contribution in [2.45, 2.75) is 69.9 Å². The van der Waals surface area contributed by atoms with Gasteiger partial charge in [-0.1, -0.05) is 0 Å². The topological polar surface area (TPSA) is 36.4 Å². The maximum atomic E-state index is 12.8. The Bertz CT molecular complexity index is 643. The first-order chi connectivity index (χ1) is 13.1. The van der Waals surface area contributed by atoms with Crippen molar-refractivity contribution in [3.8, 4) is 0 Å². The van der Waals surface area contributed by atoms with E-state index in [2.05, 4.69) is 4.98 Å². The van der Waals surface area contributed by atoms with E-state index in [1.165, 1.54) is 11.3 Å². The summed E-state index contributed by atoms with van der Waals surface area (Å²) in [6.45, 7) is 0.788. The summed E-state index contributed by atoms with van der Waals surface area (Å²) in [6.07, 6.45) is -7.21. The van der Waals surface area contributed by atoms with Crippen LogP contribution < -0.4 is 0 Å². The lowest BCUT2D eigenvalue weighted by Gasteiger charge is -2.32. The number of hydrogen-bond acceptors (Lipinski definition) is 4. The third-order valence-corrected chi connectivity index (χ3v) is 7.15. The molecule has 0 aromatic carbocycles. The van der Waals surface area contributed by atoms with Gasteiger partial charge in [-0.2, -0.15) is 26.3 Å². The van der Waals surface area contributed by atoms with Crippen LogP contribution in [-0.2, 0) is 13.2 Å². The summed E-state index contributed by atoms with van der Waals surface area (Å²) in [5.74, 6) is -2.56. The fourth-order valence-electron chi connectivity index (χ4n) is 4.12. The van der Waals surface area contributed by atoms with Crippen molar-refractivity contribution >= 4 is 11.3 Å². The number of nitrogens with zero attached hydrogens (tertiary/aromatic N) is 2. The molecule has 1 aliphatic carbocycles. The second-order valence-electron chi connectivity index (χ2n) is 7.76.